The van der Waals surface area contributed by atoms with Gasteiger partial charge in [0.2, 0.25) is 0 Å². The van der Waals surface area contributed by atoms with Crippen LogP contribution in [0, 0.1) is 0 Å². The lowest BCUT2D eigenvalue weighted by Crippen LogP contribution is -2.38. The van der Waals surface area contributed by atoms with E-state index >= 15 is 0 Å². The van der Waals surface area contributed by atoms with Crippen molar-refractivity contribution in [2.75, 3.05) is 37.8 Å². The Morgan fingerprint density at radius 3 is 2.64 bits per heavy atom. The van der Waals surface area contributed by atoms with Gasteiger partial charge in [0, 0.05) is 49.6 Å². The summed E-state index contributed by atoms with van der Waals surface area (Å²) in [6.45, 7) is 4.37. The number of rotatable bonds is 8. The Morgan fingerprint density at radius 2 is 1.92 bits per heavy atom. The Kier molecular flexibility index (Phi) is 8.12. The topological polar surface area (TPSA) is 52.6 Å². The number of pyridine rings is 1. The lowest BCUT2D eigenvalue weighted by atomic mass is 10.2. The van der Waals surface area contributed by atoms with Gasteiger partial charge in [0.05, 0.1) is 6.54 Å². The first-order valence-corrected chi connectivity index (χ1v) is 9.50. The number of thioether (sulfide) groups is 1. The van der Waals surface area contributed by atoms with Crippen LogP contribution in [-0.2, 0) is 6.54 Å². The van der Waals surface area contributed by atoms with Crippen molar-refractivity contribution in [2.24, 2.45) is 4.99 Å². The Morgan fingerprint density at radius 1 is 1.12 bits per heavy atom. The second-order valence-electron chi connectivity index (χ2n) is 5.66. The molecular formula is C19H27N5S. The van der Waals surface area contributed by atoms with Gasteiger partial charge in [-0.25, -0.2) is 9.98 Å². The summed E-state index contributed by atoms with van der Waals surface area (Å²) < 4.78 is 0. The molecule has 1 aromatic carbocycles. The quantitative estimate of drug-likeness (QED) is 0.329. The van der Waals surface area contributed by atoms with Crippen molar-refractivity contribution in [1.29, 1.82) is 0 Å². The van der Waals surface area contributed by atoms with Crippen molar-refractivity contribution >= 4 is 23.5 Å². The molecule has 0 bridgehead atoms. The van der Waals surface area contributed by atoms with E-state index in [-0.39, 0.29) is 0 Å². The summed E-state index contributed by atoms with van der Waals surface area (Å²) in [5.74, 6) is 2.79. The number of nitrogens with zero attached hydrogens (tertiary/aromatic N) is 3. The second-order valence-corrected chi connectivity index (χ2v) is 6.83. The summed E-state index contributed by atoms with van der Waals surface area (Å²) in [7, 11) is 4.00. The highest BCUT2D eigenvalue weighted by molar-refractivity contribution is 7.99. The number of guanidine groups is 1. The smallest absolute Gasteiger partial charge is 0.191 e. The molecule has 0 atom stereocenters. The third kappa shape index (κ3) is 6.66. The Labute approximate surface area is 155 Å². The highest BCUT2D eigenvalue weighted by Gasteiger charge is 2.05. The summed E-state index contributed by atoms with van der Waals surface area (Å²) in [6, 6.07) is 14.5. The number of hydrogen-bond acceptors (Lipinski definition) is 4. The van der Waals surface area contributed by atoms with Gasteiger partial charge in [-0.2, -0.15) is 0 Å². The molecule has 0 aliphatic carbocycles. The average molecular weight is 358 g/mol. The summed E-state index contributed by atoms with van der Waals surface area (Å²) >= 11 is 1.84. The fourth-order valence-corrected chi connectivity index (χ4v) is 3.11. The van der Waals surface area contributed by atoms with Crippen LogP contribution < -0.4 is 15.5 Å². The Bertz CT molecular complexity index is 658. The summed E-state index contributed by atoms with van der Waals surface area (Å²) in [6.07, 6.45) is 1.81. The average Bonchev–Trinajstić information content (AvgIpc) is 2.64. The number of nitrogens with one attached hydrogen (secondary N) is 2. The van der Waals surface area contributed by atoms with Gasteiger partial charge in [-0.15, -0.1) is 11.8 Å². The summed E-state index contributed by atoms with van der Waals surface area (Å²) in [5, 5.41) is 6.69. The van der Waals surface area contributed by atoms with Crippen molar-refractivity contribution in [3.8, 4) is 0 Å². The predicted molar refractivity (Wildman–Crippen MR) is 109 cm³/mol. The van der Waals surface area contributed by atoms with Crippen molar-refractivity contribution in [2.45, 2.75) is 18.4 Å². The number of aromatic nitrogens is 1. The van der Waals surface area contributed by atoms with Crippen molar-refractivity contribution < 1.29 is 0 Å². The van der Waals surface area contributed by atoms with Crippen molar-refractivity contribution in [1.82, 2.24) is 15.6 Å². The van der Waals surface area contributed by atoms with Crippen LogP contribution in [0.4, 0.5) is 5.82 Å². The van der Waals surface area contributed by atoms with Crippen LogP contribution >= 0.6 is 11.8 Å². The van der Waals surface area contributed by atoms with Gasteiger partial charge >= 0.3 is 0 Å². The van der Waals surface area contributed by atoms with E-state index in [4.69, 9.17) is 0 Å². The standard InChI is InChI=1S/C19H27N5S/c1-4-20-19(22-13-14-25-17-10-6-5-7-11-17)23-15-16-9-8-12-21-18(16)24(2)3/h5-12H,4,13-15H2,1-3H3,(H2,20,22,23). The zero-order valence-corrected chi connectivity index (χ0v) is 16.0. The molecule has 1 aromatic heterocycles. The van der Waals surface area contributed by atoms with E-state index in [1.165, 1.54) is 4.90 Å². The number of anilines is 1. The number of hydrogen-bond donors (Lipinski definition) is 2. The molecule has 0 amide bonds. The van der Waals surface area contributed by atoms with Gasteiger partial charge in [-0.05, 0) is 25.1 Å². The number of aliphatic imine (C=N–C) groups is 1. The molecule has 0 spiro atoms. The first-order valence-electron chi connectivity index (χ1n) is 8.52. The minimum atomic E-state index is 0.600. The van der Waals surface area contributed by atoms with Crippen LogP contribution in [0.3, 0.4) is 0 Å². The molecule has 0 saturated carbocycles. The van der Waals surface area contributed by atoms with Crippen LogP contribution in [-0.4, -0.2) is 43.9 Å². The van der Waals surface area contributed by atoms with E-state index in [1.807, 2.05) is 49.1 Å². The SMILES string of the molecule is CCNC(=NCc1cccnc1N(C)C)NCCSc1ccccc1. The molecule has 25 heavy (non-hydrogen) atoms. The first kappa shape index (κ1) is 19.1. The maximum atomic E-state index is 4.69. The van der Waals surface area contributed by atoms with Gasteiger partial charge in [0.25, 0.3) is 0 Å². The maximum Gasteiger partial charge on any atom is 0.191 e. The molecule has 0 fully saturated rings. The third-order valence-electron chi connectivity index (χ3n) is 3.45. The monoisotopic (exact) mass is 357 g/mol. The third-order valence-corrected chi connectivity index (χ3v) is 4.46. The maximum absolute atomic E-state index is 4.69. The lowest BCUT2D eigenvalue weighted by molar-refractivity contribution is 0.840. The highest BCUT2D eigenvalue weighted by atomic mass is 32.2. The van der Waals surface area contributed by atoms with Gasteiger partial charge in [0.15, 0.2) is 5.96 Å². The van der Waals surface area contributed by atoms with E-state index in [0.29, 0.717) is 6.54 Å². The molecular weight excluding hydrogens is 330 g/mol. The molecule has 2 aromatic rings. The van der Waals surface area contributed by atoms with E-state index in [0.717, 1.165) is 36.2 Å². The molecule has 0 saturated heterocycles. The predicted octanol–water partition coefficient (Wildman–Crippen LogP) is 3.00. The van der Waals surface area contributed by atoms with Gasteiger partial charge in [-0.3, -0.25) is 0 Å². The molecule has 0 aliphatic heterocycles. The highest BCUT2D eigenvalue weighted by Crippen LogP contribution is 2.16. The number of benzene rings is 1. The van der Waals surface area contributed by atoms with E-state index in [2.05, 4.69) is 57.9 Å². The van der Waals surface area contributed by atoms with Gasteiger partial charge in [-0.1, -0.05) is 24.3 Å². The zero-order chi connectivity index (χ0) is 17.9. The zero-order valence-electron chi connectivity index (χ0n) is 15.2. The minimum Gasteiger partial charge on any atom is -0.362 e. The second kappa shape index (κ2) is 10.6. The Hall–Kier alpha value is -2.21. The molecule has 5 nitrogen and oxygen atoms in total. The van der Waals surface area contributed by atoms with Crippen LogP contribution in [0.25, 0.3) is 0 Å². The largest absolute Gasteiger partial charge is 0.362 e. The van der Waals surface area contributed by atoms with E-state index < -0.39 is 0 Å². The molecule has 2 N–H and O–H groups in total. The summed E-state index contributed by atoms with van der Waals surface area (Å²) in [4.78, 5) is 12.4. The normalized spacial score (nSPS) is 11.2. The fourth-order valence-electron chi connectivity index (χ4n) is 2.32. The molecule has 1 heterocycles. The van der Waals surface area contributed by atoms with Gasteiger partial charge in [0.1, 0.15) is 5.82 Å². The van der Waals surface area contributed by atoms with Gasteiger partial charge < -0.3 is 15.5 Å². The van der Waals surface area contributed by atoms with E-state index in [1.54, 1.807) is 0 Å². The lowest BCUT2D eigenvalue weighted by Gasteiger charge is -2.15. The molecule has 2 rings (SSSR count). The summed E-state index contributed by atoms with van der Waals surface area (Å²) in [5.41, 5.74) is 1.11. The van der Waals surface area contributed by atoms with Crippen molar-refractivity contribution in [3.05, 3.63) is 54.2 Å². The molecule has 0 unspecified atom stereocenters. The van der Waals surface area contributed by atoms with Crippen LogP contribution in [0.5, 0.6) is 0 Å². The minimum absolute atomic E-state index is 0.600. The molecule has 0 aliphatic rings. The molecule has 0 radical (unpaired) electrons. The fraction of sp³-hybridized carbons (Fsp3) is 0.368. The van der Waals surface area contributed by atoms with Crippen LogP contribution in [0.1, 0.15) is 12.5 Å². The Balaban J connectivity index is 1.88. The van der Waals surface area contributed by atoms with Crippen LogP contribution in [0.15, 0.2) is 58.5 Å². The molecule has 134 valence electrons. The van der Waals surface area contributed by atoms with Crippen LogP contribution in [0.2, 0.25) is 0 Å². The van der Waals surface area contributed by atoms with Crippen molar-refractivity contribution in [3.63, 3.8) is 0 Å². The van der Waals surface area contributed by atoms with E-state index in [9.17, 15) is 0 Å². The molecule has 6 heteroatoms. The first-order chi connectivity index (χ1) is 12.2.